The van der Waals surface area contributed by atoms with E-state index in [0.29, 0.717) is 11.7 Å². The second-order valence-corrected chi connectivity index (χ2v) is 6.37. The summed E-state index contributed by atoms with van der Waals surface area (Å²) in [4.78, 5) is 19.0. The molecule has 24 heavy (non-hydrogen) atoms. The number of carbonyl (C=O) groups is 1. The van der Waals surface area contributed by atoms with Crippen molar-refractivity contribution in [2.75, 3.05) is 18.0 Å². The van der Waals surface area contributed by atoms with E-state index in [-0.39, 0.29) is 17.9 Å². The van der Waals surface area contributed by atoms with Crippen LogP contribution in [0.2, 0.25) is 5.15 Å². The Morgan fingerprint density at radius 1 is 1.33 bits per heavy atom. The molecule has 6 nitrogen and oxygen atoms in total. The van der Waals surface area contributed by atoms with Crippen LogP contribution in [-0.4, -0.2) is 34.2 Å². The van der Waals surface area contributed by atoms with Gasteiger partial charge in [0.05, 0.1) is 17.7 Å². The van der Waals surface area contributed by atoms with Crippen molar-refractivity contribution in [1.29, 1.82) is 0 Å². The molecule has 2 aromatic rings. The van der Waals surface area contributed by atoms with Crippen molar-refractivity contribution in [2.24, 2.45) is 5.92 Å². The molecule has 1 N–H and O–H groups in total. The number of rotatable bonds is 4. The standard InChI is InChI=1S/C17H20ClN5O/c1-12(14-6-2-3-9-19-14)20-17(24)13-5-4-10-23(11-13)16-8-7-15(18)21-22-16/h2-3,6-9,12-13H,4-5,10-11H2,1H3,(H,20,24)/t12-,13+/m0/s1. The molecule has 0 radical (unpaired) electrons. The van der Waals surface area contributed by atoms with Crippen LogP contribution in [-0.2, 0) is 4.79 Å². The Morgan fingerprint density at radius 2 is 2.21 bits per heavy atom. The number of carbonyl (C=O) groups excluding carboxylic acids is 1. The Bertz CT molecular complexity index is 679. The van der Waals surface area contributed by atoms with Crippen LogP contribution in [0.15, 0.2) is 36.5 Å². The van der Waals surface area contributed by atoms with Crippen LogP contribution in [0.5, 0.6) is 0 Å². The molecular formula is C17H20ClN5O. The molecule has 3 rings (SSSR count). The van der Waals surface area contributed by atoms with E-state index in [9.17, 15) is 4.79 Å². The highest BCUT2D eigenvalue weighted by Gasteiger charge is 2.27. The maximum Gasteiger partial charge on any atom is 0.225 e. The van der Waals surface area contributed by atoms with E-state index in [2.05, 4.69) is 25.4 Å². The van der Waals surface area contributed by atoms with Gasteiger partial charge in [-0.25, -0.2) is 0 Å². The van der Waals surface area contributed by atoms with E-state index >= 15 is 0 Å². The van der Waals surface area contributed by atoms with Crippen molar-refractivity contribution in [3.05, 3.63) is 47.4 Å². The molecule has 0 aliphatic carbocycles. The summed E-state index contributed by atoms with van der Waals surface area (Å²) in [5, 5.41) is 11.4. The van der Waals surface area contributed by atoms with Gasteiger partial charge in [-0.05, 0) is 44.0 Å². The lowest BCUT2D eigenvalue weighted by molar-refractivity contribution is -0.125. The third kappa shape index (κ3) is 4.00. The smallest absolute Gasteiger partial charge is 0.225 e. The van der Waals surface area contributed by atoms with Gasteiger partial charge >= 0.3 is 0 Å². The zero-order valence-electron chi connectivity index (χ0n) is 13.5. The number of hydrogen-bond acceptors (Lipinski definition) is 5. The van der Waals surface area contributed by atoms with Crippen molar-refractivity contribution >= 4 is 23.3 Å². The Kier molecular flexibility index (Phi) is 5.25. The average molecular weight is 346 g/mol. The molecule has 0 saturated carbocycles. The van der Waals surface area contributed by atoms with Gasteiger partial charge < -0.3 is 10.2 Å². The number of nitrogens with zero attached hydrogens (tertiary/aromatic N) is 4. The topological polar surface area (TPSA) is 71.0 Å². The number of piperidine rings is 1. The molecular weight excluding hydrogens is 326 g/mol. The lowest BCUT2D eigenvalue weighted by Gasteiger charge is -2.33. The number of nitrogens with one attached hydrogen (secondary N) is 1. The van der Waals surface area contributed by atoms with Crippen LogP contribution in [0.25, 0.3) is 0 Å². The molecule has 1 aliphatic heterocycles. The Labute approximate surface area is 146 Å². The molecule has 0 spiro atoms. The van der Waals surface area contributed by atoms with E-state index in [1.54, 1.807) is 12.3 Å². The predicted octanol–water partition coefficient (Wildman–Crippen LogP) is 2.62. The van der Waals surface area contributed by atoms with E-state index in [1.165, 1.54) is 0 Å². The zero-order valence-corrected chi connectivity index (χ0v) is 14.3. The highest BCUT2D eigenvalue weighted by atomic mass is 35.5. The van der Waals surface area contributed by atoms with Crippen molar-refractivity contribution < 1.29 is 4.79 Å². The molecule has 1 aliphatic rings. The molecule has 126 valence electrons. The molecule has 0 unspecified atom stereocenters. The fourth-order valence-corrected chi connectivity index (χ4v) is 3.01. The van der Waals surface area contributed by atoms with Crippen molar-refractivity contribution in [2.45, 2.75) is 25.8 Å². The van der Waals surface area contributed by atoms with Crippen LogP contribution >= 0.6 is 11.6 Å². The molecule has 2 atom stereocenters. The van der Waals surface area contributed by atoms with E-state index in [4.69, 9.17) is 11.6 Å². The molecule has 7 heteroatoms. The third-order valence-electron chi connectivity index (χ3n) is 4.22. The highest BCUT2D eigenvalue weighted by molar-refractivity contribution is 6.29. The maximum atomic E-state index is 12.6. The monoisotopic (exact) mass is 345 g/mol. The first-order valence-electron chi connectivity index (χ1n) is 8.09. The summed E-state index contributed by atoms with van der Waals surface area (Å²) in [5.41, 5.74) is 0.863. The van der Waals surface area contributed by atoms with E-state index in [0.717, 1.165) is 30.9 Å². The minimum Gasteiger partial charge on any atom is -0.354 e. The number of pyridine rings is 1. The van der Waals surface area contributed by atoms with E-state index < -0.39 is 0 Å². The van der Waals surface area contributed by atoms with Gasteiger partial charge in [0.2, 0.25) is 5.91 Å². The fraction of sp³-hybridized carbons (Fsp3) is 0.412. The minimum absolute atomic E-state index is 0.0553. The SMILES string of the molecule is C[C@H](NC(=O)[C@@H]1CCCN(c2ccc(Cl)nn2)C1)c1ccccn1. The fourth-order valence-electron chi connectivity index (χ4n) is 2.91. The van der Waals surface area contributed by atoms with E-state index in [1.807, 2.05) is 31.2 Å². The first-order chi connectivity index (χ1) is 11.6. The summed E-state index contributed by atoms with van der Waals surface area (Å²) in [5.74, 6) is 0.747. The highest BCUT2D eigenvalue weighted by Crippen LogP contribution is 2.22. The Balaban J connectivity index is 1.61. The lowest BCUT2D eigenvalue weighted by atomic mass is 9.96. The Hall–Kier alpha value is -2.21. The molecule has 1 fully saturated rings. The van der Waals surface area contributed by atoms with Gasteiger partial charge in [-0.1, -0.05) is 17.7 Å². The minimum atomic E-state index is -0.107. The summed E-state index contributed by atoms with van der Waals surface area (Å²) in [6, 6.07) is 9.16. The summed E-state index contributed by atoms with van der Waals surface area (Å²) in [7, 11) is 0. The summed E-state index contributed by atoms with van der Waals surface area (Å²) >= 11 is 5.78. The average Bonchev–Trinajstić information content (AvgIpc) is 2.63. The van der Waals surface area contributed by atoms with Gasteiger partial charge in [0.25, 0.3) is 0 Å². The van der Waals surface area contributed by atoms with Gasteiger partial charge in [0.1, 0.15) is 0 Å². The second kappa shape index (κ2) is 7.57. The van der Waals surface area contributed by atoms with Crippen LogP contribution in [0.3, 0.4) is 0 Å². The Morgan fingerprint density at radius 3 is 2.92 bits per heavy atom. The molecule has 0 aromatic carbocycles. The first-order valence-corrected chi connectivity index (χ1v) is 8.47. The first kappa shape index (κ1) is 16.6. The molecule has 1 amide bonds. The van der Waals surface area contributed by atoms with Gasteiger partial charge in [0.15, 0.2) is 11.0 Å². The number of anilines is 1. The third-order valence-corrected chi connectivity index (χ3v) is 4.43. The van der Waals surface area contributed by atoms with Crippen molar-refractivity contribution in [1.82, 2.24) is 20.5 Å². The number of amides is 1. The van der Waals surface area contributed by atoms with Crippen LogP contribution < -0.4 is 10.2 Å². The van der Waals surface area contributed by atoms with Crippen molar-refractivity contribution in [3.8, 4) is 0 Å². The quantitative estimate of drug-likeness (QED) is 0.922. The van der Waals surface area contributed by atoms with Gasteiger partial charge in [-0.3, -0.25) is 9.78 Å². The van der Waals surface area contributed by atoms with Gasteiger partial charge in [-0.15, -0.1) is 10.2 Å². The van der Waals surface area contributed by atoms with Crippen LogP contribution in [0.1, 0.15) is 31.5 Å². The summed E-state index contributed by atoms with van der Waals surface area (Å²) in [6.07, 6.45) is 3.55. The summed E-state index contributed by atoms with van der Waals surface area (Å²) in [6.45, 7) is 3.46. The second-order valence-electron chi connectivity index (χ2n) is 5.98. The zero-order chi connectivity index (χ0) is 16.9. The van der Waals surface area contributed by atoms with Gasteiger partial charge in [0, 0.05) is 19.3 Å². The number of halogens is 1. The maximum absolute atomic E-state index is 12.6. The van der Waals surface area contributed by atoms with Gasteiger partial charge in [-0.2, -0.15) is 0 Å². The van der Waals surface area contributed by atoms with Crippen LogP contribution in [0.4, 0.5) is 5.82 Å². The predicted molar refractivity (Wildman–Crippen MR) is 92.8 cm³/mol. The molecule has 0 bridgehead atoms. The molecule has 3 heterocycles. The molecule has 1 saturated heterocycles. The van der Waals surface area contributed by atoms with Crippen LogP contribution in [0, 0.1) is 5.92 Å². The normalized spacial score (nSPS) is 18.9. The largest absolute Gasteiger partial charge is 0.354 e. The number of aromatic nitrogens is 3. The molecule has 2 aromatic heterocycles. The van der Waals surface area contributed by atoms with Crippen molar-refractivity contribution in [3.63, 3.8) is 0 Å². The lowest BCUT2D eigenvalue weighted by Crippen LogP contribution is -2.44. The summed E-state index contributed by atoms with van der Waals surface area (Å²) < 4.78 is 0. The number of hydrogen-bond donors (Lipinski definition) is 1.